The molecule has 0 spiro atoms. The third-order valence-corrected chi connectivity index (χ3v) is 5.39. The number of hydrogen-bond acceptors (Lipinski definition) is 4. The number of non-ortho nitro benzene ring substituents is 1. The van der Waals surface area contributed by atoms with Gasteiger partial charge in [0.15, 0.2) is 23.1 Å². The third-order valence-electron chi connectivity index (χ3n) is 4.83. The highest BCUT2D eigenvalue weighted by molar-refractivity contribution is 6.37. The van der Waals surface area contributed by atoms with Crippen molar-refractivity contribution in [2.75, 3.05) is 6.61 Å². The maximum atomic E-state index is 15.4. The predicted octanol–water partition coefficient (Wildman–Crippen LogP) is 6.26. The van der Waals surface area contributed by atoms with Gasteiger partial charge in [-0.25, -0.2) is 8.78 Å². The zero-order chi connectivity index (χ0) is 21.1. The number of nitro groups is 1. The molecule has 152 valence electrons. The Morgan fingerprint density at radius 2 is 1.90 bits per heavy atom. The fourth-order valence-corrected chi connectivity index (χ4v) is 4.14. The van der Waals surface area contributed by atoms with Crippen LogP contribution in [0.25, 0.3) is 10.9 Å². The molecule has 1 aliphatic heterocycles. The maximum Gasteiger partial charge on any atom is 0.272 e. The summed E-state index contributed by atoms with van der Waals surface area (Å²) in [5.74, 6) is -2.20. The second-order valence-corrected chi connectivity index (χ2v) is 7.92. The van der Waals surface area contributed by atoms with Crippen molar-refractivity contribution in [3.05, 3.63) is 61.3 Å². The van der Waals surface area contributed by atoms with E-state index in [9.17, 15) is 14.5 Å². The van der Waals surface area contributed by atoms with Crippen LogP contribution in [0.1, 0.15) is 25.1 Å². The smallest absolute Gasteiger partial charge is 0.272 e. The van der Waals surface area contributed by atoms with Crippen LogP contribution in [0.3, 0.4) is 0 Å². The molecule has 10 heteroatoms. The van der Waals surface area contributed by atoms with Crippen molar-refractivity contribution < 1.29 is 23.2 Å². The van der Waals surface area contributed by atoms with Gasteiger partial charge in [-0.05, 0) is 13.8 Å². The molecular weight excluding hydrogens is 429 g/mol. The average Bonchev–Trinajstić information content (AvgIpc) is 3.03. The lowest BCUT2D eigenvalue weighted by molar-refractivity contribution is -0.384. The molecule has 0 bridgehead atoms. The summed E-state index contributed by atoms with van der Waals surface area (Å²) in [7, 11) is 0. The Morgan fingerprint density at radius 1 is 1.24 bits per heavy atom. The molecule has 4 rings (SSSR count). The second-order valence-electron chi connectivity index (χ2n) is 7.11. The lowest BCUT2D eigenvalue weighted by Crippen LogP contribution is -2.28. The van der Waals surface area contributed by atoms with Gasteiger partial charge in [-0.2, -0.15) is 0 Å². The predicted molar refractivity (Wildman–Crippen MR) is 104 cm³/mol. The van der Waals surface area contributed by atoms with E-state index in [1.54, 1.807) is 13.8 Å². The fraction of sp³-hybridized carbons (Fsp3) is 0.263. The highest BCUT2D eigenvalue weighted by Crippen LogP contribution is 2.45. The van der Waals surface area contributed by atoms with Crippen LogP contribution in [0.5, 0.6) is 11.5 Å². The van der Waals surface area contributed by atoms with E-state index in [0.29, 0.717) is 24.3 Å². The maximum absolute atomic E-state index is 15.4. The molecule has 0 fully saturated rings. The van der Waals surface area contributed by atoms with Gasteiger partial charge < -0.3 is 14.5 Å². The van der Waals surface area contributed by atoms with E-state index in [0.717, 1.165) is 18.2 Å². The van der Waals surface area contributed by atoms with Gasteiger partial charge in [0.05, 0.1) is 32.7 Å². The first-order chi connectivity index (χ1) is 13.6. The lowest BCUT2D eigenvalue weighted by atomic mass is 9.91. The molecule has 1 aliphatic rings. The Hall–Kier alpha value is -2.42. The molecule has 1 N–H and O–H groups in total. The number of rotatable bonds is 3. The fourth-order valence-electron chi connectivity index (χ4n) is 3.59. The van der Waals surface area contributed by atoms with E-state index in [-0.39, 0.29) is 32.4 Å². The molecule has 2 aromatic carbocycles. The van der Waals surface area contributed by atoms with E-state index < -0.39 is 27.9 Å². The van der Waals surface area contributed by atoms with Gasteiger partial charge in [-0.3, -0.25) is 10.1 Å². The van der Waals surface area contributed by atoms with E-state index in [4.69, 9.17) is 32.7 Å². The molecule has 0 amide bonds. The van der Waals surface area contributed by atoms with Crippen LogP contribution < -0.4 is 4.74 Å². The summed E-state index contributed by atoms with van der Waals surface area (Å²) < 4.78 is 41.4. The summed E-state index contributed by atoms with van der Waals surface area (Å²) in [5, 5.41) is 10.5. The summed E-state index contributed by atoms with van der Waals surface area (Å²) >= 11 is 12.0. The molecule has 0 saturated carbocycles. The largest absolute Gasteiger partial charge is 0.451 e. The van der Waals surface area contributed by atoms with Gasteiger partial charge in [-0.1, -0.05) is 23.2 Å². The summed E-state index contributed by atoms with van der Waals surface area (Å²) in [6, 6.07) is 2.91. The van der Waals surface area contributed by atoms with Crippen LogP contribution in [0.15, 0.2) is 18.2 Å². The Labute approximate surface area is 173 Å². The number of aromatic nitrogens is 1. The minimum atomic E-state index is -0.833. The highest BCUT2D eigenvalue weighted by atomic mass is 35.5. The summed E-state index contributed by atoms with van der Waals surface area (Å²) in [6.45, 7) is 3.97. The number of H-pyrrole nitrogens is 1. The lowest BCUT2D eigenvalue weighted by Gasteiger charge is -2.31. The van der Waals surface area contributed by atoms with Crippen molar-refractivity contribution in [1.29, 1.82) is 0 Å². The zero-order valence-corrected chi connectivity index (χ0v) is 16.8. The molecule has 0 aliphatic carbocycles. The van der Waals surface area contributed by atoms with Gasteiger partial charge in [0.2, 0.25) is 0 Å². The molecule has 0 atom stereocenters. The first-order valence-electron chi connectivity index (χ1n) is 8.58. The normalized spacial score (nSPS) is 15.4. The molecule has 0 unspecified atom stereocenters. The third kappa shape index (κ3) is 3.21. The van der Waals surface area contributed by atoms with Gasteiger partial charge >= 0.3 is 0 Å². The molecule has 0 radical (unpaired) electrons. The molecule has 1 aromatic heterocycles. The summed E-state index contributed by atoms with van der Waals surface area (Å²) in [4.78, 5) is 13.2. The van der Waals surface area contributed by atoms with Crippen LogP contribution in [-0.2, 0) is 16.8 Å². The van der Waals surface area contributed by atoms with Crippen LogP contribution >= 0.6 is 23.2 Å². The van der Waals surface area contributed by atoms with E-state index >= 15 is 4.39 Å². The van der Waals surface area contributed by atoms with E-state index in [2.05, 4.69) is 4.98 Å². The molecule has 0 saturated heterocycles. The van der Waals surface area contributed by atoms with Gasteiger partial charge in [0.1, 0.15) is 0 Å². The Balaban J connectivity index is 1.89. The number of aromatic amines is 1. The number of halogens is 4. The summed E-state index contributed by atoms with van der Waals surface area (Å²) in [5.41, 5.74) is 0.0342. The molecule has 29 heavy (non-hydrogen) atoms. The number of nitrogens with zero attached hydrogens (tertiary/aromatic N) is 1. The number of nitrogens with one attached hydrogen (secondary N) is 1. The number of benzene rings is 2. The van der Waals surface area contributed by atoms with Crippen molar-refractivity contribution in [2.45, 2.75) is 25.9 Å². The van der Waals surface area contributed by atoms with E-state index in [1.165, 1.54) is 0 Å². The number of nitro benzene ring substituents is 1. The molecule has 6 nitrogen and oxygen atoms in total. The van der Waals surface area contributed by atoms with Crippen molar-refractivity contribution in [2.24, 2.45) is 0 Å². The Morgan fingerprint density at radius 3 is 2.52 bits per heavy atom. The van der Waals surface area contributed by atoms with Gasteiger partial charge in [-0.15, -0.1) is 0 Å². The van der Waals surface area contributed by atoms with Crippen molar-refractivity contribution in [3.8, 4) is 11.5 Å². The Kier molecular flexibility index (Phi) is 4.68. The van der Waals surface area contributed by atoms with E-state index in [1.807, 2.05) is 0 Å². The summed E-state index contributed by atoms with van der Waals surface area (Å²) in [6.07, 6.45) is 0.489. The average molecular weight is 443 g/mol. The monoisotopic (exact) mass is 442 g/mol. The minimum absolute atomic E-state index is 0.0133. The molecule has 3 aromatic rings. The van der Waals surface area contributed by atoms with Crippen LogP contribution in [-0.4, -0.2) is 16.5 Å². The van der Waals surface area contributed by atoms with Crippen LogP contribution in [0, 0.1) is 21.7 Å². The topological polar surface area (TPSA) is 77.4 Å². The second kappa shape index (κ2) is 6.83. The van der Waals surface area contributed by atoms with Gasteiger partial charge in [0, 0.05) is 41.3 Å². The number of hydrogen-bond donors (Lipinski definition) is 1. The van der Waals surface area contributed by atoms with Crippen molar-refractivity contribution in [1.82, 2.24) is 4.98 Å². The van der Waals surface area contributed by atoms with Crippen molar-refractivity contribution in [3.63, 3.8) is 0 Å². The first-order valence-corrected chi connectivity index (χ1v) is 9.34. The number of ether oxygens (including phenoxy) is 2. The van der Waals surface area contributed by atoms with Gasteiger partial charge in [0.25, 0.3) is 5.69 Å². The zero-order valence-electron chi connectivity index (χ0n) is 15.2. The highest BCUT2D eigenvalue weighted by Gasteiger charge is 2.35. The first kappa shape index (κ1) is 19.9. The quantitative estimate of drug-likeness (QED) is 0.383. The molecule has 2 heterocycles. The SMILES string of the molecule is CC1(C)OCCc2[nH]c3c(F)cc(Oc4c(Cl)cc([N+](=O)[O-])cc4Cl)c(F)c3c21. The minimum Gasteiger partial charge on any atom is -0.451 e. The van der Waals surface area contributed by atoms with Crippen LogP contribution in [0.4, 0.5) is 14.5 Å². The Bertz CT molecular complexity index is 1150. The molecular formula is C19H14Cl2F2N2O4. The van der Waals surface area contributed by atoms with Crippen LogP contribution in [0.2, 0.25) is 10.0 Å². The standard InChI is InChI=1S/C19H14Cl2F2N2O4/c1-19(2)15-12(3-4-28-19)24-17-11(22)7-13(16(23)14(15)17)29-18-9(20)5-8(25(26)27)6-10(18)21/h5-7,24H,3-4H2,1-2H3. The van der Waals surface area contributed by atoms with Crippen molar-refractivity contribution >= 4 is 39.8 Å². The number of fused-ring (bicyclic) bond motifs is 3.